The van der Waals surface area contributed by atoms with Crippen LogP contribution in [-0.2, 0) is 14.4 Å². The molecule has 0 aromatic carbocycles. The second kappa shape index (κ2) is 7.68. The van der Waals surface area contributed by atoms with Crippen LogP contribution in [0.5, 0.6) is 0 Å². The van der Waals surface area contributed by atoms with E-state index in [0.717, 1.165) is 6.42 Å². The Labute approximate surface area is 107 Å². The van der Waals surface area contributed by atoms with E-state index in [-0.39, 0.29) is 5.91 Å². The summed E-state index contributed by atoms with van der Waals surface area (Å²) in [5.41, 5.74) is 0. The van der Waals surface area contributed by atoms with Gasteiger partial charge in [0.15, 0.2) is 0 Å². The van der Waals surface area contributed by atoms with E-state index in [1.807, 2.05) is 13.8 Å². The van der Waals surface area contributed by atoms with Crippen LogP contribution in [0.2, 0.25) is 0 Å². The summed E-state index contributed by atoms with van der Waals surface area (Å²) in [6.45, 7) is 6.75. The molecule has 0 radical (unpaired) electrons. The average Bonchev–Trinajstić information content (AvgIpc) is 2.22. The second-order valence-electron chi connectivity index (χ2n) is 4.79. The first-order valence-electron chi connectivity index (χ1n) is 6.04. The van der Waals surface area contributed by atoms with E-state index in [1.54, 1.807) is 0 Å². The molecule has 0 heterocycles. The lowest BCUT2D eigenvalue weighted by Crippen LogP contribution is -2.50. The van der Waals surface area contributed by atoms with Crippen LogP contribution in [0.1, 0.15) is 40.5 Å². The Bertz CT molecular complexity index is 315. The van der Waals surface area contributed by atoms with Crippen molar-refractivity contribution in [3.05, 3.63) is 0 Å². The van der Waals surface area contributed by atoms with Crippen molar-refractivity contribution in [1.82, 2.24) is 10.6 Å². The fourth-order valence-electron chi connectivity index (χ4n) is 1.39. The van der Waals surface area contributed by atoms with E-state index >= 15 is 0 Å². The van der Waals surface area contributed by atoms with Crippen molar-refractivity contribution < 1.29 is 19.5 Å². The van der Waals surface area contributed by atoms with Crippen LogP contribution in [0, 0.1) is 5.92 Å². The highest BCUT2D eigenvalue weighted by Crippen LogP contribution is 2.07. The molecule has 0 aromatic heterocycles. The third-order valence-corrected chi connectivity index (χ3v) is 2.46. The molecule has 0 spiro atoms. The lowest BCUT2D eigenvalue weighted by Gasteiger charge is -2.20. The molecule has 0 saturated carbocycles. The molecule has 0 unspecified atom stereocenters. The molecule has 2 atom stereocenters. The standard InChI is InChI=1S/C12H22N2O4/c1-7(2)5-6-10(14-9(4)15)11(16)13-8(3)12(17)18/h7-8,10H,5-6H2,1-4H3,(H,13,16)(H,14,15)(H,17,18)/t8-,10-/m0/s1. The van der Waals surface area contributed by atoms with Gasteiger partial charge in [0.1, 0.15) is 12.1 Å². The van der Waals surface area contributed by atoms with Crippen LogP contribution in [0.25, 0.3) is 0 Å². The Morgan fingerprint density at radius 3 is 2.00 bits per heavy atom. The Morgan fingerprint density at radius 2 is 1.61 bits per heavy atom. The normalized spacial score (nSPS) is 13.8. The third kappa shape index (κ3) is 6.88. The number of hydrogen-bond acceptors (Lipinski definition) is 3. The highest BCUT2D eigenvalue weighted by atomic mass is 16.4. The molecule has 0 saturated heterocycles. The maximum absolute atomic E-state index is 11.8. The Morgan fingerprint density at radius 1 is 1.06 bits per heavy atom. The maximum Gasteiger partial charge on any atom is 0.325 e. The van der Waals surface area contributed by atoms with E-state index < -0.39 is 24.0 Å². The largest absolute Gasteiger partial charge is 0.480 e. The number of aliphatic carboxylic acids is 1. The molecule has 0 aliphatic heterocycles. The SMILES string of the molecule is CC(=O)N[C@@H](CCC(C)C)C(=O)N[C@@H](C)C(=O)O. The van der Waals surface area contributed by atoms with Crippen molar-refractivity contribution in [1.29, 1.82) is 0 Å². The van der Waals surface area contributed by atoms with Gasteiger partial charge in [-0.15, -0.1) is 0 Å². The van der Waals surface area contributed by atoms with E-state index in [0.29, 0.717) is 12.3 Å². The quantitative estimate of drug-likeness (QED) is 0.620. The Kier molecular flexibility index (Phi) is 7.00. The number of amides is 2. The summed E-state index contributed by atoms with van der Waals surface area (Å²) in [7, 11) is 0. The summed E-state index contributed by atoms with van der Waals surface area (Å²) in [6.07, 6.45) is 1.27. The zero-order chi connectivity index (χ0) is 14.3. The summed E-state index contributed by atoms with van der Waals surface area (Å²) in [6, 6.07) is -1.64. The van der Waals surface area contributed by atoms with E-state index in [2.05, 4.69) is 10.6 Å². The fraction of sp³-hybridized carbons (Fsp3) is 0.750. The first kappa shape index (κ1) is 16.4. The minimum absolute atomic E-state index is 0.304. The van der Waals surface area contributed by atoms with Gasteiger partial charge in [-0.2, -0.15) is 0 Å². The summed E-state index contributed by atoms with van der Waals surface area (Å²) in [5, 5.41) is 13.6. The minimum Gasteiger partial charge on any atom is -0.480 e. The van der Waals surface area contributed by atoms with Gasteiger partial charge in [0.2, 0.25) is 11.8 Å². The van der Waals surface area contributed by atoms with Crippen molar-refractivity contribution in [2.45, 2.75) is 52.6 Å². The van der Waals surface area contributed by atoms with Crippen LogP contribution in [-0.4, -0.2) is 35.0 Å². The first-order chi connectivity index (χ1) is 8.23. The molecular formula is C12H22N2O4. The molecule has 6 nitrogen and oxygen atoms in total. The molecule has 6 heteroatoms. The molecule has 0 bridgehead atoms. The molecule has 3 N–H and O–H groups in total. The van der Waals surface area contributed by atoms with Gasteiger partial charge in [0.25, 0.3) is 0 Å². The van der Waals surface area contributed by atoms with Crippen molar-refractivity contribution in [3.63, 3.8) is 0 Å². The topological polar surface area (TPSA) is 95.5 Å². The predicted octanol–water partition coefficient (Wildman–Crippen LogP) is 0.517. The summed E-state index contributed by atoms with van der Waals surface area (Å²) in [4.78, 5) is 33.5. The van der Waals surface area contributed by atoms with Crippen molar-refractivity contribution in [2.75, 3.05) is 0 Å². The van der Waals surface area contributed by atoms with Crippen molar-refractivity contribution in [2.24, 2.45) is 5.92 Å². The molecule has 18 heavy (non-hydrogen) atoms. The molecule has 2 amide bonds. The number of carbonyl (C=O) groups excluding carboxylic acids is 2. The maximum atomic E-state index is 11.8. The van der Waals surface area contributed by atoms with Crippen molar-refractivity contribution in [3.8, 4) is 0 Å². The smallest absolute Gasteiger partial charge is 0.325 e. The van der Waals surface area contributed by atoms with Crippen LogP contribution in [0.15, 0.2) is 0 Å². The molecule has 0 aliphatic carbocycles. The number of carboxylic acid groups (broad SMARTS) is 1. The molecule has 0 fully saturated rings. The number of carboxylic acids is 1. The van der Waals surface area contributed by atoms with Gasteiger partial charge >= 0.3 is 5.97 Å². The average molecular weight is 258 g/mol. The van der Waals surface area contributed by atoms with E-state index in [9.17, 15) is 14.4 Å². The summed E-state index contributed by atoms with van der Waals surface area (Å²) < 4.78 is 0. The van der Waals surface area contributed by atoms with Gasteiger partial charge in [-0.25, -0.2) is 0 Å². The van der Waals surface area contributed by atoms with Gasteiger partial charge in [0, 0.05) is 6.92 Å². The zero-order valence-electron chi connectivity index (χ0n) is 11.3. The molecular weight excluding hydrogens is 236 g/mol. The first-order valence-corrected chi connectivity index (χ1v) is 6.04. The van der Waals surface area contributed by atoms with Gasteiger partial charge in [-0.3, -0.25) is 14.4 Å². The van der Waals surface area contributed by atoms with E-state index in [4.69, 9.17) is 5.11 Å². The van der Waals surface area contributed by atoms with Crippen LogP contribution >= 0.6 is 0 Å². The van der Waals surface area contributed by atoms with E-state index in [1.165, 1.54) is 13.8 Å². The second-order valence-corrected chi connectivity index (χ2v) is 4.79. The monoisotopic (exact) mass is 258 g/mol. The fourth-order valence-corrected chi connectivity index (χ4v) is 1.39. The summed E-state index contributed by atoms with van der Waals surface area (Å²) >= 11 is 0. The molecule has 104 valence electrons. The predicted molar refractivity (Wildman–Crippen MR) is 66.9 cm³/mol. The van der Waals surface area contributed by atoms with Crippen LogP contribution in [0.4, 0.5) is 0 Å². The van der Waals surface area contributed by atoms with Crippen molar-refractivity contribution >= 4 is 17.8 Å². The van der Waals surface area contributed by atoms with Gasteiger partial charge in [0.05, 0.1) is 0 Å². The molecule has 0 aliphatic rings. The zero-order valence-corrected chi connectivity index (χ0v) is 11.3. The summed E-state index contributed by atoms with van der Waals surface area (Å²) in [5.74, 6) is -1.46. The highest BCUT2D eigenvalue weighted by molar-refractivity contribution is 5.89. The Hall–Kier alpha value is -1.59. The van der Waals surface area contributed by atoms with Gasteiger partial charge in [-0.05, 0) is 25.7 Å². The number of carbonyl (C=O) groups is 3. The van der Waals surface area contributed by atoms with Gasteiger partial charge in [-0.1, -0.05) is 13.8 Å². The lowest BCUT2D eigenvalue weighted by atomic mass is 10.0. The number of nitrogens with one attached hydrogen (secondary N) is 2. The minimum atomic E-state index is -1.10. The molecule has 0 rings (SSSR count). The van der Waals surface area contributed by atoms with Gasteiger partial charge < -0.3 is 15.7 Å². The lowest BCUT2D eigenvalue weighted by molar-refractivity contribution is -0.141. The highest BCUT2D eigenvalue weighted by Gasteiger charge is 2.23. The number of hydrogen-bond donors (Lipinski definition) is 3. The van der Waals surface area contributed by atoms with Crippen LogP contribution in [0.3, 0.4) is 0 Å². The molecule has 0 aromatic rings. The van der Waals surface area contributed by atoms with Crippen LogP contribution < -0.4 is 10.6 Å². The third-order valence-electron chi connectivity index (χ3n) is 2.46. The number of rotatable bonds is 7. The Balaban J connectivity index is 4.48.